The fourth-order valence-electron chi connectivity index (χ4n) is 4.03. The van der Waals surface area contributed by atoms with Crippen LogP contribution in [0.2, 0.25) is 0 Å². The van der Waals surface area contributed by atoms with Crippen molar-refractivity contribution in [2.45, 2.75) is 31.0 Å². The lowest BCUT2D eigenvalue weighted by molar-refractivity contribution is -0.163. The SMILES string of the molecule is COC(=O)[C@@H]1CCC=CN1[C@@](Cc1ccsc1)(NN1C(=O)c2ccccc2C1=O)C(=O)O. The molecule has 1 aromatic carbocycles. The van der Waals surface area contributed by atoms with Gasteiger partial charge in [-0.15, -0.1) is 0 Å². The van der Waals surface area contributed by atoms with Crippen LogP contribution in [0.25, 0.3) is 0 Å². The van der Waals surface area contributed by atoms with Gasteiger partial charge in [0.05, 0.1) is 18.2 Å². The summed E-state index contributed by atoms with van der Waals surface area (Å²) in [6.07, 6.45) is 4.02. The van der Waals surface area contributed by atoms with E-state index in [0.29, 0.717) is 18.4 Å². The number of carbonyl (C=O) groups excluding carboxylic acids is 3. The molecule has 0 radical (unpaired) electrons. The van der Waals surface area contributed by atoms with E-state index in [1.54, 1.807) is 35.0 Å². The summed E-state index contributed by atoms with van der Waals surface area (Å²) in [5.41, 5.74) is 1.72. The Labute approximate surface area is 187 Å². The van der Waals surface area contributed by atoms with Crippen LogP contribution in [0.4, 0.5) is 0 Å². The van der Waals surface area contributed by atoms with Crippen molar-refractivity contribution >= 4 is 35.1 Å². The third kappa shape index (κ3) is 3.57. The van der Waals surface area contributed by atoms with Gasteiger partial charge in [-0.25, -0.2) is 14.6 Å². The molecule has 0 saturated carbocycles. The Morgan fingerprint density at radius 2 is 1.91 bits per heavy atom. The van der Waals surface area contributed by atoms with Crippen molar-refractivity contribution in [1.29, 1.82) is 0 Å². The Balaban J connectivity index is 1.81. The zero-order chi connectivity index (χ0) is 22.9. The average Bonchev–Trinajstić information content (AvgIpc) is 3.40. The predicted molar refractivity (Wildman–Crippen MR) is 114 cm³/mol. The molecular weight excluding hydrogens is 434 g/mol. The molecule has 2 amide bonds. The van der Waals surface area contributed by atoms with Gasteiger partial charge in [-0.05, 0) is 53.6 Å². The molecule has 2 aliphatic rings. The molecule has 0 fully saturated rings. The third-order valence-electron chi connectivity index (χ3n) is 5.61. The van der Waals surface area contributed by atoms with E-state index < -0.39 is 35.5 Å². The summed E-state index contributed by atoms with van der Waals surface area (Å²) in [4.78, 5) is 52.7. The number of carbonyl (C=O) groups is 4. The number of hydrogen-bond acceptors (Lipinski definition) is 8. The fourth-order valence-corrected chi connectivity index (χ4v) is 4.70. The zero-order valence-electron chi connectivity index (χ0n) is 17.2. The molecule has 32 heavy (non-hydrogen) atoms. The highest BCUT2D eigenvalue weighted by Crippen LogP contribution is 2.31. The van der Waals surface area contributed by atoms with E-state index in [-0.39, 0.29) is 17.5 Å². The van der Waals surface area contributed by atoms with E-state index in [4.69, 9.17) is 4.74 Å². The zero-order valence-corrected chi connectivity index (χ0v) is 18.0. The number of rotatable bonds is 7. The number of benzene rings is 1. The van der Waals surface area contributed by atoms with Gasteiger partial charge in [0.1, 0.15) is 6.04 Å². The van der Waals surface area contributed by atoms with E-state index in [1.165, 1.54) is 41.7 Å². The fraction of sp³-hybridized carbons (Fsp3) is 0.273. The highest BCUT2D eigenvalue weighted by molar-refractivity contribution is 7.07. The molecular formula is C22H21N3O6S. The number of aliphatic carboxylic acids is 1. The Morgan fingerprint density at radius 3 is 2.47 bits per heavy atom. The number of ether oxygens (including phenoxy) is 1. The van der Waals surface area contributed by atoms with Crippen LogP contribution in [0, 0.1) is 0 Å². The van der Waals surface area contributed by atoms with Crippen molar-refractivity contribution in [2.75, 3.05) is 7.11 Å². The number of hydrogen-bond donors (Lipinski definition) is 2. The van der Waals surface area contributed by atoms with Crippen LogP contribution in [-0.4, -0.2) is 57.6 Å². The number of carboxylic acid groups (broad SMARTS) is 1. The second kappa shape index (κ2) is 8.56. The molecule has 2 aromatic rings. The highest BCUT2D eigenvalue weighted by atomic mass is 32.1. The Morgan fingerprint density at radius 1 is 1.22 bits per heavy atom. The van der Waals surface area contributed by atoms with Gasteiger partial charge in [0.25, 0.3) is 11.8 Å². The van der Waals surface area contributed by atoms with Gasteiger partial charge in [0.15, 0.2) is 0 Å². The van der Waals surface area contributed by atoms with E-state index in [0.717, 1.165) is 5.01 Å². The molecule has 0 spiro atoms. The summed E-state index contributed by atoms with van der Waals surface area (Å²) in [6.45, 7) is 0. The summed E-state index contributed by atoms with van der Waals surface area (Å²) in [5.74, 6) is -3.26. The van der Waals surface area contributed by atoms with Crippen LogP contribution >= 0.6 is 11.3 Å². The smallest absolute Gasteiger partial charge is 0.346 e. The quantitative estimate of drug-likeness (QED) is 0.481. The molecule has 3 heterocycles. The number of carboxylic acids is 1. The van der Waals surface area contributed by atoms with Gasteiger partial charge in [-0.3, -0.25) is 9.59 Å². The van der Waals surface area contributed by atoms with Crippen LogP contribution < -0.4 is 5.43 Å². The average molecular weight is 455 g/mol. The Kier molecular flexibility index (Phi) is 5.81. The van der Waals surface area contributed by atoms with Crippen LogP contribution in [0.3, 0.4) is 0 Å². The molecule has 2 aliphatic heterocycles. The molecule has 0 bridgehead atoms. The maximum Gasteiger partial charge on any atom is 0.346 e. The number of nitrogens with one attached hydrogen (secondary N) is 1. The molecule has 0 aliphatic carbocycles. The first kappa shape index (κ1) is 21.7. The first-order valence-electron chi connectivity index (χ1n) is 9.92. The van der Waals surface area contributed by atoms with Crippen molar-refractivity contribution in [3.8, 4) is 0 Å². The summed E-state index contributed by atoms with van der Waals surface area (Å²) in [6, 6.07) is 7.12. The number of fused-ring (bicyclic) bond motifs is 1. The third-order valence-corrected chi connectivity index (χ3v) is 6.34. The van der Waals surface area contributed by atoms with Gasteiger partial charge in [-0.1, -0.05) is 18.2 Å². The maximum absolute atomic E-state index is 13.0. The lowest BCUT2D eigenvalue weighted by atomic mass is 9.95. The topological polar surface area (TPSA) is 116 Å². The number of nitrogens with zero attached hydrogens (tertiary/aromatic N) is 2. The van der Waals surface area contributed by atoms with E-state index >= 15 is 0 Å². The van der Waals surface area contributed by atoms with E-state index in [9.17, 15) is 24.3 Å². The maximum atomic E-state index is 13.0. The number of thiophene rings is 1. The molecule has 9 nitrogen and oxygen atoms in total. The molecule has 1 aromatic heterocycles. The minimum Gasteiger partial charge on any atom is -0.478 e. The Bertz CT molecular complexity index is 1060. The second-order valence-corrected chi connectivity index (χ2v) is 8.27. The molecule has 10 heteroatoms. The van der Waals surface area contributed by atoms with E-state index in [1.807, 2.05) is 0 Å². The minimum atomic E-state index is -2.01. The summed E-state index contributed by atoms with van der Waals surface area (Å²) in [7, 11) is 1.23. The van der Waals surface area contributed by atoms with Crippen LogP contribution in [0.1, 0.15) is 39.1 Å². The van der Waals surface area contributed by atoms with Gasteiger partial charge in [0.2, 0.25) is 5.66 Å². The van der Waals surface area contributed by atoms with E-state index in [2.05, 4.69) is 5.43 Å². The van der Waals surface area contributed by atoms with Crippen LogP contribution in [0.5, 0.6) is 0 Å². The first-order valence-corrected chi connectivity index (χ1v) is 10.9. The first-order chi connectivity index (χ1) is 15.4. The van der Waals surface area contributed by atoms with Gasteiger partial charge < -0.3 is 14.7 Å². The molecule has 2 N–H and O–H groups in total. The molecule has 2 atom stereocenters. The number of amides is 2. The van der Waals surface area contributed by atoms with Gasteiger partial charge in [-0.2, -0.15) is 16.8 Å². The normalized spacial score (nSPS) is 19.6. The molecule has 0 unspecified atom stereocenters. The van der Waals surface area contributed by atoms with Crippen LogP contribution in [-0.2, 0) is 20.7 Å². The minimum absolute atomic E-state index is 0.114. The lowest BCUT2D eigenvalue weighted by Crippen LogP contribution is -2.71. The summed E-state index contributed by atoms with van der Waals surface area (Å²) < 4.78 is 4.91. The van der Waals surface area contributed by atoms with Crippen molar-refractivity contribution in [3.05, 3.63) is 70.1 Å². The van der Waals surface area contributed by atoms with Crippen LogP contribution in [0.15, 0.2) is 53.4 Å². The van der Waals surface area contributed by atoms with Gasteiger partial charge in [0, 0.05) is 6.42 Å². The number of imide groups is 1. The summed E-state index contributed by atoms with van der Waals surface area (Å²) in [5, 5.41) is 14.8. The van der Waals surface area contributed by atoms with Crippen molar-refractivity contribution in [1.82, 2.24) is 15.3 Å². The van der Waals surface area contributed by atoms with Gasteiger partial charge >= 0.3 is 11.9 Å². The van der Waals surface area contributed by atoms with Crippen molar-refractivity contribution in [3.63, 3.8) is 0 Å². The number of esters is 1. The summed E-state index contributed by atoms with van der Waals surface area (Å²) >= 11 is 1.39. The van der Waals surface area contributed by atoms with Crippen molar-refractivity contribution < 1.29 is 29.0 Å². The number of hydrazine groups is 1. The molecule has 4 rings (SSSR count). The number of allylic oxidation sites excluding steroid dienone is 1. The predicted octanol–water partition coefficient (Wildman–Crippen LogP) is 2.02. The largest absolute Gasteiger partial charge is 0.478 e. The van der Waals surface area contributed by atoms with Crippen molar-refractivity contribution in [2.24, 2.45) is 0 Å². The number of methoxy groups -OCH3 is 1. The molecule has 166 valence electrons. The standard InChI is InChI=1S/C22H21N3O6S/c1-31-20(28)17-8-4-5-10-24(17)22(21(29)30,12-14-9-11-32-13-14)23-25-18(26)15-6-2-3-7-16(15)19(25)27/h2-3,5-7,9-11,13,17,23H,4,8,12H2,1H3,(H,29,30)/t17-,22+/m0/s1. The Hall–Kier alpha value is -3.50. The monoisotopic (exact) mass is 455 g/mol. The second-order valence-electron chi connectivity index (χ2n) is 7.49. The molecule has 0 saturated heterocycles. The highest BCUT2D eigenvalue weighted by Gasteiger charge is 2.52. The lowest BCUT2D eigenvalue weighted by Gasteiger charge is -2.46.